The average Bonchev–Trinajstić information content (AvgIpc) is 2.81. The third kappa shape index (κ3) is 3.16. The number of nitrogens with two attached hydrogens (primary N) is 1. The molecule has 0 amide bonds. The number of benzene rings is 1. The molecule has 2 aromatic rings. The smallest absolute Gasteiger partial charge is 0.244 e. The third-order valence-corrected chi connectivity index (χ3v) is 5.54. The van der Waals surface area contributed by atoms with Crippen LogP contribution >= 0.6 is 23.2 Å². The largest absolute Gasteiger partial charge is 0.396 e. The molecule has 21 heavy (non-hydrogen) atoms. The Bertz CT molecular complexity index is 774. The summed E-state index contributed by atoms with van der Waals surface area (Å²) < 4.78 is 31.0. The number of halogens is 2. The van der Waals surface area contributed by atoms with Gasteiger partial charge in [0.1, 0.15) is 10.7 Å². The molecule has 1 aromatic carbocycles. The zero-order valence-corrected chi connectivity index (χ0v) is 13.6. The Morgan fingerprint density at radius 3 is 2.62 bits per heavy atom. The SMILES string of the molecule is Cc1cc(CN(C)S(=O)(=O)c2ccc(Cl)c(N)c2Cl)no1. The number of nitrogens with zero attached hydrogens (tertiary/aromatic N) is 2. The minimum absolute atomic E-state index is 0.0325. The molecule has 0 unspecified atom stereocenters. The van der Waals surface area contributed by atoms with Crippen molar-refractivity contribution in [1.29, 1.82) is 0 Å². The van der Waals surface area contributed by atoms with E-state index < -0.39 is 10.0 Å². The van der Waals surface area contributed by atoms with Gasteiger partial charge in [0.05, 0.1) is 28.0 Å². The summed E-state index contributed by atoms with van der Waals surface area (Å²) in [5.41, 5.74) is 6.19. The summed E-state index contributed by atoms with van der Waals surface area (Å²) in [6.45, 7) is 1.78. The van der Waals surface area contributed by atoms with E-state index in [1.807, 2.05) is 0 Å². The number of aryl methyl sites for hydroxylation is 1. The van der Waals surface area contributed by atoms with E-state index in [1.54, 1.807) is 13.0 Å². The van der Waals surface area contributed by atoms with Crippen LogP contribution in [0.3, 0.4) is 0 Å². The van der Waals surface area contributed by atoms with Crippen molar-refractivity contribution in [3.63, 3.8) is 0 Å². The minimum Gasteiger partial charge on any atom is -0.396 e. The van der Waals surface area contributed by atoms with E-state index in [1.165, 1.54) is 19.2 Å². The normalized spacial score (nSPS) is 12.0. The van der Waals surface area contributed by atoms with Gasteiger partial charge in [-0.3, -0.25) is 0 Å². The van der Waals surface area contributed by atoms with Crippen molar-refractivity contribution in [1.82, 2.24) is 9.46 Å². The predicted octanol–water partition coefficient (Wildman–Crippen LogP) is 2.69. The lowest BCUT2D eigenvalue weighted by molar-refractivity contribution is 0.378. The van der Waals surface area contributed by atoms with Crippen molar-refractivity contribution in [2.24, 2.45) is 0 Å². The zero-order chi connectivity index (χ0) is 15.8. The number of hydrogen-bond donors (Lipinski definition) is 1. The minimum atomic E-state index is -3.82. The molecule has 0 aliphatic rings. The number of sulfonamides is 1. The van der Waals surface area contributed by atoms with Gasteiger partial charge >= 0.3 is 0 Å². The highest BCUT2D eigenvalue weighted by Crippen LogP contribution is 2.34. The monoisotopic (exact) mass is 349 g/mol. The lowest BCUT2D eigenvalue weighted by Crippen LogP contribution is -2.27. The van der Waals surface area contributed by atoms with Gasteiger partial charge in [0.25, 0.3) is 0 Å². The van der Waals surface area contributed by atoms with Gasteiger partial charge in [-0.2, -0.15) is 4.31 Å². The molecule has 1 aromatic heterocycles. The van der Waals surface area contributed by atoms with Crippen LogP contribution in [0.15, 0.2) is 27.6 Å². The summed E-state index contributed by atoms with van der Waals surface area (Å²) in [7, 11) is -2.40. The van der Waals surface area contributed by atoms with E-state index in [0.29, 0.717) is 11.5 Å². The molecule has 0 radical (unpaired) electrons. The van der Waals surface area contributed by atoms with Gasteiger partial charge in [0.2, 0.25) is 10.0 Å². The average molecular weight is 350 g/mol. The Labute approximate surface area is 132 Å². The van der Waals surface area contributed by atoms with Gasteiger partial charge in [-0.05, 0) is 19.1 Å². The first kappa shape index (κ1) is 16.1. The number of aromatic nitrogens is 1. The van der Waals surface area contributed by atoms with Gasteiger partial charge in [0.15, 0.2) is 0 Å². The summed E-state index contributed by atoms with van der Waals surface area (Å²) in [6, 6.07) is 4.37. The summed E-state index contributed by atoms with van der Waals surface area (Å²) in [5, 5.41) is 3.87. The van der Waals surface area contributed by atoms with E-state index in [9.17, 15) is 8.42 Å². The van der Waals surface area contributed by atoms with Gasteiger partial charge in [-0.15, -0.1) is 0 Å². The van der Waals surface area contributed by atoms with Gasteiger partial charge in [0, 0.05) is 13.1 Å². The standard InChI is InChI=1S/C12H13Cl2N3O3S/c1-7-5-8(16-20-7)6-17(2)21(18,19)10-4-3-9(13)12(15)11(10)14/h3-5H,6,15H2,1-2H3. The van der Waals surface area contributed by atoms with E-state index in [-0.39, 0.29) is 27.2 Å². The molecule has 0 saturated carbocycles. The van der Waals surface area contributed by atoms with Crippen LogP contribution in [0.4, 0.5) is 5.69 Å². The number of anilines is 1. The second kappa shape index (κ2) is 5.84. The molecule has 6 nitrogen and oxygen atoms in total. The third-order valence-electron chi connectivity index (χ3n) is 2.84. The zero-order valence-electron chi connectivity index (χ0n) is 11.3. The Hall–Kier alpha value is -1.28. The molecule has 1 heterocycles. The second-order valence-corrected chi connectivity index (χ2v) is 7.26. The van der Waals surface area contributed by atoms with Crippen molar-refractivity contribution in [3.8, 4) is 0 Å². The molecule has 9 heteroatoms. The highest BCUT2D eigenvalue weighted by Gasteiger charge is 2.26. The van der Waals surface area contributed by atoms with E-state index in [4.69, 9.17) is 33.5 Å². The summed E-state index contributed by atoms with van der Waals surface area (Å²) in [4.78, 5) is -0.103. The van der Waals surface area contributed by atoms with Gasteiger partial charge in [-0.25, -0.2) is 8.42 Å². The summed E-state index contributed by atoms with van der Waals surface area (Å²) in [5.74, 6) is 0.601. The van der Waals surface area contributed by atoms with Crippen molar-refractivity contribution >= 4 is 38.9 Å². The van der Waals surface area contributed by atoms with Crippen LogP contribution in [-0.2, 0) is 16.6 Å². The first-order valence-electron chi connectivity index (χ1n) is 5.85. The van der Waals surface area contributed by atoms with Crippen LogP contribution < -0.4 is 5.73 Å². The first-order valence-corrected chi connectivity index (χ1v) is 8.05. The van der Waals surface area contributed by atoms with Crippen LogP contribution in [0.5, 0.6) is 0 Å². The molecule has 2 rings (SSSR count). The van der Waals surface area contributed by atoms with E-state index >= 15 is 0 Å². The number of hydrogen-bond acceptors (Lipinski definition) is 5. The molecule has 0 spiro atoms. The summed E-state index contributed by atoms with van der Waals surface area (Å²) in [6.07, 6.45) is 0. The predicted molar refractivity (Wildman–Crippen MR) is 80.8 cm³/mol. The molecule has 0 aliphatic heterocycles. The molecule has 0 bridgehead atoms. The van der Waals surface area contributed by atoms with Crippen molar-refractivity contribution in [2.75, 3.05) is 12.8 Å². The van der Waals surface area contributed by atoms with Crippen LogP contribution in [0.25, 0.3) is 0 Å². The van der Waals surface area contributed by atoms with Gasteiger partial charge < -0.3 is 10.3 Å². The van der Waals surface area contributed by atoms with Crippen LogP contribution in [0.2, 0.25) is 10.0 Å². The molecule has 0 saturated heterocycles. The van der Waals surface area contributed by atoms with Crippen LogP contribution in [0.1, 0.15) is 11.5 Å². The van der Waals surface area contributed by atoms with Crippen molar-refractivity contribution < 1.29 is 12.9 Å². The molecule has 2 N–H and O–H groups in total. The van der Waals surface area contributed by atoms with Crippen molar-refractivity contribution in [2.45, 2.75) is 18.4 Å². The molecular weight excluding hydrogens is 337 g/mol. The quantitative estimate of drug-likeness (QED) is 0.857. The number of rotatable bonds is 4. The Kier molecular flexibility index (Phi) is 4.48. The topological polar surface area (TPSA) is 89.4 Å². The molecule has 0 fully saturated rings. The maximum atomic E-state index is 12.5. The Balaban J connectivity index is 2.35. The van der Waals surface area contributed by atoms with E-state index in [2.05, 4.69) is 5.16 Å². The number of nitrogen functional groups attached to an aromatic ring is 1. The maximum Gasteiger partial charge on any atom is 0.244 e. The lowest BCUT2D eigenvalue weighted by atomic mass is 10.3. The molecular formula is C12H13Cl2N3O3S. The highest BCUT2D eigenvalue weighted by molar-refractivity contribution is 7.89. The summed E-state index contributed by atoms with van der Waals surface area (Å²) >= 11 is 11.8. The molecule has 0 aliphatic carbocycles. The van der Waals surface area contributed by atoms with Crippen molar-refractivity contribution in [3.05, 3.63) is 39.7 Å². The lowest BCUT2D eigenvalue weighted by Gasteiger charge is -2.17. The Morgan fingerprint density at radius 2 is 2.05 bits per heavy atom. The second-order valence-electron chi connectivity index (χ2n) is 4.46. The Morgan fingerprint density at radius 1 is 1.38 bits per heavy atom. The van der Waals surface area contributed by atoms with Crippen LogP contribution in [-0.4, -0.2) is 24.9 Å². The fourth-order valence-electron chi connectivity index (χ4n) is 1.72. The maximum absolute atomic E-state index is 12.5. The highest BCUT2D eigenvalue weighted by atomic mass is 35.5. The van der Waals surface area contributed by atoms with E-state index in [0.717, 1.165) is 4.31 Å². The fraction of sp³-hybridized carbons (Fsp3) is 0.250. The fourth-order valence-corrected chi connectivity index (χ4v) is 3.60. The first-order chi connectivity index (χ1) is 9.73. The van der Waals surface area contributed by atoms with Crippen LogP contribution in [0, 0.1) is 6.92 Å². The van der Waals surface area contributed by atoms with Gasteiger partial charge in [-0.1, -0.05) is 28.4 Å². The molecule has 0 atom stereocenters. The molecule has 114 valence electrons.